The third kappa shape index (κ3) is 3.22. The molecule has 1 aromatic carbocycles. The second-order valence-corrected chi connectivity index (χ2v) is 5.61. The van der Waals surface area contributed by atoms with Crippen LogP contribution in [0.1, 0.15) is 25.5 Å². The molecule has 1 aliphatic heterocycles. The van der Waals surface area contributed by atoms with Crippen molar-refractivity contribution in [3.05, 3.63) is 30.0 Å². The van der Waals surface area contributed by atoms with Crippen molar-refractivity contribution >= 4 is 28.7 Å². The smallest absolute Gasteiger partial charge is 0.322 e. The van der Waals surface area contributed by atoms with E-state index in [0.29, 0.717) is 0 Å². The third-order valence-electron chi connectivity index (χ3n) is 4.00. The van der Waals surface area contributed by atoms with Crippen molar-refractivity contribution in [3.8, 4) is 0 Å². The van der Waals surface area contributed by atoms with E-state index in [1.807, 2.05) is 35.9 Å². The molecule has 8 nitrogen and oxygen atoms in total. The molecule has 126 valence electrons. The van der Waals surface area contributed by atoms with E-state index in [9.17, 15) is 14.4 Å². The molecule has 0 saturated carbocycles. The van der Waals surface area contributed by atoms with Crippen LogP contribution in [0, 0.1) is 0 Å². The van der Waals surface area contributed by atoms with Crippen molar-refractivity contribution in [1.82, 2.24) is 25.7 Å². The second kappa shape index (κ2) is 6.69. The first kappa shape index (κ1) is 16.0. The summed E-state index contributed by atoms with van der Waals surface area (Å²) in [6.07, 6.45) is 0.401. The van der Waals surface area contributed by atoms with Crippen LogP contribution in [0.3, 0.4) is 0 Å². The summed E-state index contributed by atoms with van der Waals surface area (Å²) in [6, 6.07) is 6.46. The molecule has 3 N–H and O–H groups in total. The summed E-state index contributed by atoms with van der Waals surface area (Å²) in [5.74, 6) is -0.703. The molecule has 2 heterocycles. The van der Waals surface area contributed by atoms with Gasteiger partial charge in [-0.2, -0.15) is 5.10 Å². The minimum atomic E-state index is -0.726. The predicted octanol–water partition coefficient (Wildman–Crippen LogP) is 0.661. The molecule has 0 aliphatic carbocycles. The largest absolute Gasteiger partial charge is 0.349 e. The van der Waals surface area contributed by atoms with Crippen LogP contribution in [-0.4, -0.2) is 33.7 Å². The average Bonchev–Trinajstić information content (AvgIpc) is 2.84. The van der Waals surface area contributed by atoms with Crippen molar-refractivity contribution in [1.29, 1.82) is 0 Å². The van der Waals surface area contributed by atoms with Crippen molar-refractivity contribution < 1.29 is 14.4 Å². The summed E-state index contributed by atoms with van der Waals surface area (Å²) >= 11 is 0. The van der Waals surface area contributed by atoms with Gasteiger partial charge in [0.05, 0.1) is 17.8 Å². The lowest BCUT2D eigenvalue weighted by atomic mass is 10.1. The number of carbonyl (C=O) groups is 3. The highest BCUT2D eigenvalue weighted by Crippen LogP contribution is 2.18. The van der Waals surface area contributed by atoms with Crippen LogP contribution < -0.4 is 16.0 Å². The first-order chi connectivity index (χ1) is 11.6. The van der Waals surface area contributed by atoms with E-state index in [4.69, 9.17) is 0 Å². The number of hydrogen-bond acceptors (Lipinski definition) is 4. The van der Waals surface area contributed by atoms with Crippen LogP contribution in [0.4, 0.5) is 4.79 Å². The Balaban J connectivity index is 1.70. The SMILES string of the molecule is CCn1nc(CNC(=O)C2CCC(=O)NC(=O)N2)c2ccccc21. The molecular formula is C16H19N5O3. The topological polar surface area (TPSA) is 105 Å². The first-order valence-electron chi connectivity index (χ1n) is 7.91. The summed E-state index contributed by atoms with van der Waals surface area (Å²) in [5, 5.41) is 12.9. The standard InChI is InChI=1S/C16H19N5O3/c1-2-21-13-6-4-3-5-10(13)12(20-21)9-17-15(23)11-7-8-14(22)19-16(24)18-11/h3-6,11H,2,7-9H2,1H3,(H,17,23)(H2,18,19,22,24). The number of fused-ring (bicyclic) bond motifs is 1. The fraction of sp³-hybridized carbons (Fsp3) is 0.375. The highest BCUT2D eigenvalue weighted by atomic mass is 16.2. The highest BCUT2D eigenvalue weighted by Gasteiger charge is 2.26. The van der Waals surface area contributed by atoms with Gasteiger partial charge in [0, 0.05) is 18.4 Å². The maximum absolute atomic E-state index is 12.3. The van der Waals surface area contributed by atoms with Gasteiger partial charge in [-0.25, -0.2) is 4.79 Å². The Morgan fingerprint density at radius 1 is 1.38 bits per heavy atom. The molecule has 1 aromatic heterocycles. The van der Waals surface area contributed by atoms with E-state index in [1.165, 1.54) is 0 Å². The number of benzene rings is 1. The lowest BCUT2D eigenvalue weighted by Crippen LogP contribution is -2.48. The molecule has 1 fully saturated rings. The molecule has 0 radical (unpaired) electrons. The Morgan fingerprint density at radius 3 is 2.96 bits per heavy atom. The molecule has 3 rings (SSSR count). The Kier molecular flexibility index (Phi) is 4.45. The maximum atomic E-state index is 12.3. The number of imide groups is 1. The normalized spacial score (nSPS) is 18.0. The summed E-state index contributed by atoms with van der Waals surface area (Å²) in [5.41, 5.74) is 1.79. The number of hydrogen-bond donors (Lipinski definition) is 3. The van der Waals surface area contributed by atoms with Gasteiger partial charge in [-0.15, -0.1) is 0 Å². The van der Waals surface area contributed by atoms with Gasteiger partial charge >= 0.3 is 6.03 Å². The van der Waals surface area contributed by atoms with Crippen molar-refractivity contribution in [2.75, 3.05) is 0 Å². The summed E-state index contributed by atoms with van der Waals surface area (Å²) < 4.78 is 1.88. The van der Waals surface area contributed by atoms with Crippen molar-refractivity contribution in [3.63, 3.8) is 0 Å². The zero-order chi connectivity index (χ0) is 17.1. The van der Waals surface area contributed by atoms with E-state index in [-0.39, 0.29) is 31.2 Å². The number of aryl methyl sites for hydroxylation is 1. The van der Waals surface area contributed by atoms with E-state index < -0.39 is 12.1 Å². The Bertz CT molecular complexity index is 798. The summed E-state index contributed by atoms with van der Waals surface area (Å²) in [7, 11) is 0. The molecule has 0 bridgehead atoms. The monoisotopic (exact) mass is 329 g/mol. The van der Waals surface area contributed by atoms with Gasteiger partial charge in [-0.1, -0.05) is 18.2 Å². The molecule has 1 atom stereocenters. The quantitative estimate of drug-likeness (QED) is 0.766. The van der Waals surface area contributed by atoms with Gasteiger partial charge in [0.1, 0.15) is 6.04 Å². The van der Waals surface area contributed by atoms with Gasteiger partial charge in [0.2, 0.25) is 11.8 Å². The fourth-order valence-corrected chi connectivity index (χ4v) is 2.79. The van der Waals surface area contributed by atoms with Crippen LogP contribution in [0.2, 0.25) is 0 Å². The van der Waals surface area contributed by atoms with Gasteiger partial charge in [0.25, 0.3) is 0 Å². The van der Waals surface area contributed by atoms with Gasteiger partial charge < -0.3 is 10.6 Å². The lowest BCUT2D eigenvalue weighted by molar-refractivity contribution is -0.123. The fourth-order valence-electron chi connectivity index (χ4n) is 2.79. The van der Waals surface area contributed by atoms with Crippen LogP contribution in [0.5, 0.6) is 0 Å². The number of nitrogens with one attached hydrogen (secondary N) is 3. The number of aromatic nitrogens is 2. The molecule has 2 aromatic rings. The molecule has 1 saturated heterocycles. The van der Waals surface area contributed by atoms with E-state index in [0.717, 1.165) is 23.1 Å². The first-order valence-corrected chi connectivity index (χ1v) is 7.91. The Hall–Kier alpha value is -2.90. The minimum Gasteiger partial charge on any atom is -0.349 e. The van der Waals surface area contributed by atoms with Gasteiger partial charge in [-0.05, 0) is 19.4 Å². The lowest BCUT2D eigenvalue weighted by Gasteiger charge is -2.14. The zero-order valence-electron chi connectivity index (χ0n) is 13.3. The van der Waals surface area contributed by atoms with Crippen LogP contribution in [0.25, 0.3) is 10.9 Å². The number of rotatable bonds is 4. The van der Waals surface area contributed by atoms with Gasteiger partial charge in [-0.3, -0.25) is 19.6 Å². The molecule has 4 amide bonds. The third-order valence-corrected chi connectivity index (χ3v) is 4.00. The number of amides is 4. The van der Waals surface area contributed by atoms with Crippen LogP contribution in [0.15, 0.2) is 24.3 Å². The van der Waals surface area contributed by atoms with E-state index >= 15 is 0 Å². The van der Waals surface area contributed by atoms with Crippen molar-refractivity contribution in [2.24, 2.45) is 0 Å². The molecular weight excluding hydrogens is 310 g/mol. The number of urea groups is 1. The Labute approximate surface area is 138 Å². The number of para-hydroxylation sites is 1. The zero-order valence-corrected chi connectivity index (χ0v) is 13.3. The van der Waals surface area contributed by atoms with Crippen LogP contribution in [-0.2, 0) is 22.7 Å². The molecule has 8 heteroatoms. The second-order valence-electron chi connectivity index (χ2n) is 5.61. The minimum absolute atomic E-state index is 0.129. The number of nitrogens with zero attached hydrogens (tertiary/aromatic N) is 2. The predicted molar refractivity (Wildman–Crippen MR) is 87.0 cm³/mol. The van der Waals surface area contributed by atoms with Gasteiger partial charge in [0.15, 0.2) is 0 Å². The van der Waals surface area contributed by atoms with E-state index in [2.05, 4.69) is 21.0 Å². The van der Waals surface area contributed by atoms with E-state index in [1.54, 1.807) is 0 Å². The Morgan fingerprint density at radius 2 is 2.17 bits per heavy atom. The highest BCUT2D eigenvalue weighted by molar-refractivity contribution is 5.98. The molecule has 1 aliphatic rings. The number of carbonyl (C=O) groups excluding carboxylic acids is 3. The molecule has 0 spiro atoms. The molecule has 24 heavy (non-hydrogen) atoms. The van der Waals surface area contributed by atoms with Crippen molar-refractivity contribution in [2.45, 2.75) is 38.9 Å². The summed E-state index contributed by atoms with van der Waals surface area (Å²) in [6.45, 7) is 3.01. The average molecular weight is 329 g/mol. The summed E-state index contributed by atoms with van der Waals surface area (Å²) in [4.78, 5) is 35.1. The van der Waals surface area contributed by atoms with Crippen LogP contribution >= 0.6 is 0 Å². The molecule has 1 unspecified atom stereocenters. The maximum Gasteiger partial charge on any atom is 0.322 e.